The van der Waals surface area contributed by atoms with E-state index in [2.05, 4.69) is 0 Å². The second-order valence-electron chi connectivity index (χ2n) is 4.22. The number of carboxylic acid groups (broad SMARTS) is 1. The number of carboxylic acids is 1. The number of benzene rings is 1. The smallest absolute Gasteiger partial charge is 0.311 e. The van der Waals surface area contributed by atoms with Gasteiger partial charge in [0.05, 0.1) is 19.1 Å². The van der Waals surface area contributed by atoms with Gasteiger partial charge in [-0.3, -0.25) is 4.79 Å². The van der Waals surface area contributed by atoms with E-state index in [1.807, 2.05) is 0 Å². The van der Waals surface area contributed by atoms with Crippen molar-refractivity contribution in [3.63, 3.8) is 0 Å². The molecule has 98 valence electrons. The molecule has 0 aliphatic carbocycles. The number of hydrogen-bond acceptors (Lipinski definition) is 4. The Morgan fingerprint density at radius 2 is 2.06 bits per heavy atom. The lowest BCUT2D eigenvalue weighted by Crippen LogP contribution is -2.16. The Hall–Kier alpha value is -1.75. The maximum Gasteiger partial charge on any atom is 0.311 e. The minimum atomic E-state index is -0.866. The van der Waals surface area contributed by atoms with E-state index in [0.717, 1.165) is 6.42 Å². The Labute approximate surface area is 106 Å². The fourth-order valence-corrected chi connectivity index (χ4v) is 2.00. The molecule has 5 heteroatoms. The Kier molecular flexibility index (Phi) is 4.04. The van der Waals surface area contributed by atoms with Crippen LogP contribution in [-0.4, -0.2) is 30.8 Å². The average molecular weight is 251 g/mol. The normalized spacial score (nSPS) is 15.8. The van der Waals surface area contributed by atoms with Gasteiger partial charge >= 0.3 is 5.97 Å². The van der Waals surface area contributed by atoms with E-state index in [1.54, 1.807) is 18.2 Å². The summed E-state index contributed by atoms with van der Waals surface area (Å²) in [6.07, 6.45) is 1.24. The van der Waals surface area contributed by atoms with E-state index < -0.39 is 11.9 Å². The number of fused-ring (bicyclic) bond motifs is 1. The van der Waals surface area contributed by atoms with Gasteiger partial charge in [0.25, 0.3) is 0 Å². The zero-order chi connectivity index (χ0) is 13.0. The van der Waals surface area contributed by atoms with Crippen molar-refractivity contribution in [2.24, 2.45) is 5.73 Å². The third-order valence-electron chi connectivity index (χ3n) is 2.93. The molecule has 0 amide bonds. The van der Waals surface area contributed by atoms with Gasteiger partial charge in [0, 0.05) is 6.42 Å². The molecular weight excluding hydrogens is 234 g/mol. The molecule has 3 N–H and O–H groups in total. The molecule has 18 heavy (non-hydrogen) atoms. The van der Waals surface area contributed by atoms with Crippen molar-refractivity contribution >= 4 is 5.97 Å². The first-order valence-corrected chi connectivity index (χ1v) is 6.05. The van der Waals surface area contributed by atoms with Crippen LogP contribution in [0.5, 0.6) is 11.5 Å². The quantitative estimate of drug-likeness (QED) is 0.844. The van der Waals surface area contributed by atoms with Gasteiger partial charge in [-0.15, -0.1) is 0 Å². The summed E-state index contributed by atoms with van der Waals surface area (Å²) in [5.74, 6) is -0.163. The number of ether oxygens (including phenoxy) is 2. The lowest BCUT2D eigenvalue weighted by molar-refractivity contribution is -0.138. The van der Waals surface area contributed by atoms with Gasteiger partial charge in [-0.25, -0.2) is 0 Å². The summed E-state index contributed by atoms with van der Waals surface area (Å²) in [5.41, 5.74) is 6.15. The van der Waals surface area contributed by atoms with Crippen molar-refractivity contribution in [2.75, 3.05) is 19.8 Å². The summed E-state index contributed by atoms with van der Waals surface area (Å²) in [7, 11) is 0. The van der Waals surface area contributed by atoms with Gasteiger partial charge < -0.3 is 20.3 Å². The molecule has 0 fully saturated rings. The molecule has 1 heterocycles. The predicted octanol–water partition coefficient (Wildman–Crippen LogP) is 1.36. The largest absolute Gasteiger partial charge is 0.490 e. The molecule has 1 aromatic carbocycles. The molecule has 1 aromatic rings. The highest BCUT2D eigenvalue weighted by Crippen LogP contribution is 2.33. The van der Waals surface area contributed by atoms with Crippen LogP contribution in [0.3, 0.4) is 0 Å². The van der Waals surface area contributed by atoms with E-state index in [1.165, 1.54) is 0 Å². The van der Waals surface area contributed by atoms with Gasteiger partial charge in [0.1, 0.15) is 0 Å². The number of nitrogens with two attached hydrogens (primary N) is 1. The summed E-state index contributed by atoms with van der Waals surface area (Å²) < 4.78 is 11.1. The minimum absolute atomic E-state index is 0.339. The zero-order valence-electron chi connectivity index (χ0n) is 10.1. The van der Waals surface area contributed by atoms with Crippen LogP contribution in [0.1, 0.15) is 24.3 Å². The van der Waals surface area contributed by atoms with Crippen molar-refractivity contribution in [1.29, 1.82) is 0 Å². The van der Waals surface area contributed by atoms with Crippen LogP contribution in [0, 0.1) is 0 Å². The highest BCUT2D eigenvalue weighted by atomic mass is 16.5. The highest BCUT2D eigenvalue weighted by molar-refractivity contribution is 5.76. The lowest BCUT2D eigenvalue weighted by Gasteiger charge is -2.14. The lowest BCUT2D eigenvalue weighted by atomic mass is 9.95. The minimum Gasteiger partial charge on any atom is -0.490 e. The second kappa shape index (κ2) is 5.73. The second-order valence-corrected chi connectivity index (χ2v) is 4.22. The van der Waals surface area contributed by atoms with E-state index >= 15 is 0 Å². The Bertz CT molecular complexity index is 433. The monoisotopic (exact) mass is 251 g/mol. The molecule has 0 saturated heterocycles. The number of aliphatic carboxylic acids is 1. The van der Waals surface area contributed by atoms with Gasteiger partial charge in [-0.05, 0) is 30.7 Å². The summed E-state index contributed by atoms with van der Waals surface area (Å²) in [6.45, 7) is 1.55. The summed E-state index contributed by atoms with van der Waals surface area (Å²) in [4.78, 5) is 11.2. The van der Waals surface area contributed by atoms with E-state index in [-0.39, 0.29) is 0 Å². The molecule has 1 unspecified atom stereocenters. The molecule has 1 atom stereocenters. The van der Waals surface area contributed by atoms with Crippen molar-refractivity contribution < 1.29 is 19.4 Å². The average Bonchev–Trinajstić information content (AvgIpc) is 2.59. The molecule has 2 rings (SSSR count). The predicted molar refractivity (Wildman–Crippen MR) is 66.1 cm³/mol. The van der Waals surface area contributed by atoms with Crippen molar-refractivity contribution in [2.45, 2.75) is 18.8 Å². The van der Waals surface area contributed by atoms with E-state index in [9.17, 15) is 9.90 Å². The molecule has 5 nitrogen and oxygen atoms in total. The Balaban J connectivity index is 2.28. The van der Waals surface area contributed by atoms with Gasteiger partial charge in [0.15, 0.2) is 11.5 Å². The summed E-state index contributed by atoms with van der Waals surface area (Å²) >= 11 is 0. The van der Waals surface area contributed by atoms with Crippen molar-refractivity contribution in [3.8, 4) is 11.5 Å². The standard InChI is InChI=1S/C13H17NO4/c14-5-4-10(13(15)16)9-2-3-11-12(8-9)18-7-1-6-17-11/h2-3,8,10H,1,4-7,14H2,(H,15,16). The topological polar surface area (TPSA) is 81.8 Å². The van der Waals surface area contributed by atoms with Crippen molar-refractivity contribution in [3.05, 3.63) is 23.8 Å². The Morgan fingerprint density at radius 1 is 1.33 bits per heavy atom. The number of rotatable bonds is 4. The zero-order valence-corrected chi connectivity index (χ0v) is 10.1. The first-order chi connectivity index (χ1) is 8.72. The molecule has 0 radical (unpaired) electrons. The third kappa shape index (κ3) is 2.73. The molecule has 0 aromatic heterocycles. The van der Waals surface area contributed by atoms with E-state index in [0.29, 0.717) is 43.2 Å². The fraction of sp³-hybridized carbons (Fsp3) is 0.462. The van der Waals surface area contributed by atoms with Crippen LogP contribution >= 0.6 is 0 Å². The van der Waals surface area contributed by atoms with Crippen LogP contribution in [0.25, 0.3) is 0 Å². The first-order valence-electron chi connectivity index (χ1n) is 6.05. The van der Waals surface area contributed by atoms with Crippen LogP contribution in [0.15, 0.2) is 18.2 Å². The van der Waals surface area contributed by atoms with Crippen LogP contribution in [-0.2, 0) is 4.79 Å². The molecule has 0 spiro atoms. The number of carbonyl (C=O) groups is 1. The first kappa shape index (κ1) is 12.7. The molecular formula is C13H17NO4. The van der Waals surface area contributed by atoms with Gasteiger partial charge in [-0.2, -0.15) is 0 Å². The summed E-state index contributed by atoms with van der Waals surface area (Å²) in [5, 5.41) is 9.19. The molecule has 1 aliphatic rings. The van der Waals surface area contributed by atoms with Crippen LogP contribution < -0.4 is 15.2 Å². The van der Waals surface area contributed by atoms with Gasteiger partial charge in [-0.1, -0.05) is 6.07 Å². The van der Waals surface area contributed by atoms with Crippen molar-refractivity contribution in [1.82, 2.24) is 0 Å². The molecule has 1 aliphatic heterocycles. The molecule has 0 saturated carbocycles. The molecule has 0 bridgehead atoms. The van der Waals surface area contributed by atoms with Gasteiger partial charge in [0.2, 0.25) is 0 Å². The fourth-order valence-electron chi connectivity index (χ4n) is 2.00. The Morgan fingerprint density at radius 3 is 2.72 bits per heavy atom. The maximum absolute atomic E-state index is 11.2. The van der Waals surface area contributed by atoms with E-state index in [4.69, 9.17) is 15.2 Å². The van der Waals surface area contributed by atoms with Crippen LogP contribution in [0.4, 0.5) is 0 Å². The third-order valence-corrected chi connectivity index (χ3v) is 2.93. The SMILES string of the molecule is NCCC(C(=O)O)c1ccc2c(c1)OCCCO2. The summed E-state index contributed by atoms with van der Waals surface area (Å²) in [6, 6.07) is 5.28. The highest BCUT2D eigenvalue weighted by Gasteiger charge is 2.21. The number of hydrogen-bond donors (Lipinski definition) is 2. The maximum atomic E-state index is 11.2. The van der Waals surface area contributed by atoms with Crippen LogP contribution in [0.2, 0.25) is 0 Å².